The molecule has 0 amide bonds. The third-order valence-electron chi connectivity index (χ3n) is 2.77. The van der Waals surface area contributed by atoms with Crippen molar-refractivity contribution in [3.8, 4) is 0 Å². The third-order valence-corrected chi connectivity index (χ3v) is 4.09. The van der Waals surface area contributed by atoms with E-state index in [2.05, 4.69) is 14.4 Å². The van der Waals surface area contributed by atoms with Gasteiger partial charge in [-0.2, -0.15) is 0 Å². The molecule has 1 aromatic carbocycles. The molecule has 0 aliphatic heterocycles. The fraction of sp³-hybridized carbons (Fsp3) is 0.308. The van der Waals surface area contributed by atoms with Crippen molar-refractivity contribution in [3.05, 3.63) is 53.4 Å². The number of nitrogens with one attached hydrogen (secondary N) is 1. The normalized spacial score (nSPS) is 11.7. The van der Waals surface area contributed by atoms with E-state index in [4.69, 9.17) is 5.11 Å². The van der Waals surface area contributed by atoms with Gasteiger partial charge in [0.2, 0.25) is 10.0 Å². The zero-order chi connectivity index (χ0) is 14.4. The summed E-state index contributed by atoms with van der Waals surface area (Å²) in [6.45, 7) is 0.323. The predicted molar refractivity (Wildman–Crippen MR) is 73.2 cm³/mol. The summed E-state index contributed by atoms with van der Waals surface area (Å²) in [7, 11) is -3.40. The Kier molecular flexibility index (Phi) is 4.89. The van der Waals surface area contributed by atoms with Crippen LogP contribution in [0.25, 0.3) is 0 Å². The van der Waals surface area contributed by atoms with Crippen LogP contribution in [0.1, 0.15) is 16.8 Å². The van der Waals surface area contributed by atoms with E-state index in [1.165, 1.54) is 12.3 Å². The largest absolute Gasteiger partial charge is 0.392 e. The summed E-state index contributed by atoms with van der Waals surface area (Å²) >= 11 is 0. The van der Waals surface area contributed by atoms with Crippen LogP contribution in [0.15, 0.2) is 41.1 Å². The second-order valence-electron chi connectivity index (χ2n) is 4.37. The van der Waals surface area contributed by atoms with Crippen LogP contribution in [-0.4, -0.2) is 25.2 Å². The molecule has 0 saturated heterocycles. The van der Waals surface area contributed by atoms with Crippen molar-refractivity contribution in [2.24, 2.45) is 0 Å². The first-order valence-electron chi connectivity index (χ1n) is 6.14. The summed E-state index contributed by atoms with van der Waals surface area (Å²) < 4.78 is 30.6. The van der Waals surface area contributed by atoms with E-state index in [1.807, 2.05) is 24.3 Å². The van der Waals surface area contributed by atoms with E-state index in [-0.39, 0.29) is 12.4 Å². The van der Waals surface area contributed by atoms with E-state index >= 15 is 0 Å². The van der Waals surface area contributed by atoms with Gasteiger partial charge < -0.3 is 9.63 Å². The average Bonchev–Trinajstić information content (AvgIpc) is 2.91. The average molecular weight is 296 g/mol. The van der Waals surface area contributed by atoms with E-state index in [0.29, 0.717) is 18.7 Å². The molecule has 0 atom stereocenters. The first kappa shape index (κ1) is 14.7. The minimum absolute atomic E-state index is 0.00457. The minimum atomic E-state index is -3.40. The molecule has 2 rings (SSSR count). The lowest BCUT2D eigenvalue weighted by Crippen LogP contribution is -2.27. The summed E-state index contributed by atoms with van der Waals surface area (Å²) in [6, 6.07) is 8.90. The van der Waals surface area contributed by atoms with Crippen LogP contribution in [0.3, 0.4) is 0 Å². The Hall–Kier alpha value is -1.70. The molecule has 0 saturated carbocycles. The van der Waals surface area contributed by atoms with Crippen LogP contribution in [0.5, 0.6) is 0 Å². The highest BCUT2D eigenvalue weighted by Gasteiger charge is 2.12. The van der Waals surface area contributed by atoms with Crippen molar-refractivity contribution in [1.29, 1.82) is 0 Å². The monoisotopic (exact) mass is 296 g/mol. The highest BCUT2D eigenvalue weighted by atomic mass is 32.2. The maximum Gasteiger partial charge on any atom is 0.217 e. The molecular formula is C13H16N2O4S. The minimum Gasteiger partial charge on any atom is -0.392 e. The maximum atomic E-state index is 11.8. The Morgan fingerprint density at radius 3 is 2.45 bits per heavy atom. The van der Waals surface area contributed by atoms with Crippen LogP contribution in [0.4, 0.5) is 0 Å². The van der Waals surface area contributed by atoms with Crippen LogP contribution in [0.2, 0.25) is 0 Å². The highest BCUT2D eigenvalue weighted by Crippen LogP contribution is 2.05. The number of sulfonamides is 1. The first-order chi connectivity index (χ1) is 9.59. The third kappa shape index (κ3) is 4.44. The molecule has 2 N–H and O–H groups in total. The van der Waals surface area contributed by atoms with Crippen LogP contribution in [-0.2, 0) is 28.8 Å². The van der Waals surface area contributed by atoms with E-state index < -0.39 is 10.0 Å². The topological polar surface area (TPSA) is 92.4 Å². The standard InChI is InChI=1S/C13H16N2O4S/c16-9-12-3-1-11(2-4-12)5-7-14-20(17,18)10-13-6-8-19-15-13/h1-4,6,8,14,16H,5,7,9-10H2. The van der Waals surface area contributed by atoms with Crippen molar-refractivity contribution in [1.82, 2.24) is 9.88 Å². The number of benzene rings is 1. The zero-order valence-corrected chi connectivity index (χ0v) is 11.6. The summed E-state index contributed by atoms with van der Waals surface area (Å²) in [5.41, 5.74) is 2.22. The fourth-order valence-corrected chi connectivity index (χ4v) is 2.77. The number of rotatable bonds is 7. The first-order valence-corrected chi connectivity index (χ1v) is 7.79. The molecule has 0 unspecified atom stereocenters. The zero-order valence-electron chi connectivity index (χ0n) is 10.8. The van der Waals surface area contributed by atoms with Crippen LogP contribution in [0, 0.1) is 0 Å². The number of nitrogens with zero attached hydrogens (tertiary/aromatic N) is 1. The van der Waals surface area contributed by atoms with Gasteiger partial charge in [0.1, 0.15) is 12.0 Å². The SMILES string of the molecule is O=S(=O)(Cc1ccon1)NCCc1ccc(CO)cc1. The maximum absolute atomic E-state index is 11.8. The van der Waals surface area contributed by atoms with E-state index in [9.17, 15) is 8.42 Å². The number of aromatic nitrogens is 1. The Bertz CT molecular complexity index is 621. The van der Waals surface area contributed by atoms with Gasteiger partial charge in [0.25, 0.3) is 0 Å². The lowest BCUT2D eigenvalue weighted by Gasteiger charge is -2.06. The lowest BCUT2D eigenvalue weighted by atomic mass is 10.1. The van der Waals surface area contributed by atoms with E-state index in [1.54, 1.807) is 0 Å². The summed E-state index contributed by atoms with van der Waals surface area (Å²) in [6.07, 6.45) is 1.93. The van der Waals surface area contributed by atoms with Crippen LogP contribution >= 0.6 is 0 Å². The number of hydrogen-bond donors (Lipinski definition) is 2. The molecule has 0 radical (unpaired) electrons. The summed E-state index contributed by atoms with van der Waals surface area (Å²) in [5.74, 6) is -0.188. The Labute approximate surface area is 117 Å². The number of hydrogen-bond acceptors (Lipinski definition) is 5. The molecule has 108 valence electrons. The van der Waals surface area contributed by atoms with Crippen molar-refractivity contribution < 1.29 is 18.0 Å². The summed E-state index contributed by atoms with van der Waals surface area (Å²) in [5, 5.41) is 12.5. The highest BCUT2D eigenvalue weighted by molar-refractivity contribution is 7.88. The molecule has 0 spiro atoms. The van der Waals surface area contributed by atoms with Gasteiger partial charge in [-0.05, 0) is 17.5 Å². The van der Waals surface area contributed by atoms with Crippen molar-refractivity contribution in [2.75, 3.05) is 6.54 Å². The second kappa shape index (κ2) is 6.65. The lowest BCUT2D eigenvalue weighted by molar-refractivity contribution is 0.282. The van der Waals surface area contributed by atoms with Gasteiger partial charge in [-0.15, -0.1) is 0 Å². The second-order valence-corrected chi connectivity index (χ2v) is 6.18. The molecule has 7 heteroatoms. The molecule has 1 heterocycles. The van der Waals surface area contributed by atoms with Gasteiger partial charge in [-0.3, -0.25) is 0 Å². The summed E-state index contributed by atoms with van der Waals surface area (Å²) in [4.78, 5) is 0. The van der Waals surface area contributed by atoms with Crippen molar-refractivity contribution in [3.63, 3.8) is 0 Å². The molecular weight excluding hydrogens is 280 g/mol. The molecule has 20 heavy (non-hydrogen) atoms. The van der Waals surface area contributed by atoms with Crippen molar-refractivity contribution in [2.45, 2.75) is 18.8 Å². The molecule has 0 aliphatic rings. The van der Waals surface area contributed by atoms with Gasteiger partial charge in [-0.1, -0.05) is 29.4 Å². The van der Waals surface area contributed by atoms with E-state index in [0.717, 1.165) is 11.1 Å². The Morgan fingerprint density at radius 1 is 1.15 bits per heavy atom. The van der Waals surface area contributed by atoms with Gasteiger partial charge in [0, 0.05) is 12.6 Å². The quantitative estimate of drug-likeness (QED) is 0.789. The van der Waals surface area contributed by atoms with Gasteiger partial charge in [0.05, 0.1) is 12.3 Å². The fourth-order valence-electron chi connectivity index (χ4n) is 1.72. The molecule has 6 nitrogen and oxygen atoms in total. The Balaban J connectivity index is 1.82. The molecule has 0 aliphatic carbocycles. The number of aliphatic hydroxyl groups is 1. The molecule has 2 aromatic rings. The van der Waals surface area contributed by atoms with Crippen LogP contribution < -0.4 is 4.72 Å². The molecule has 1 aromatic heterocycles. The van der Waals surface area contributed by atoms with Crippen molar-refractivity contribution >= 4 is 10.0 Å². The Morgan fingerprint density at radius 2 is 1.85 bits per heavy atom. The molecule has 0 bridgehead atoms. The predicted octanol–water partition coefficient (Wildman–Crippen LogP) is 0.829. The van der Waals surface area contributed by atoms with Gasteiger partial charge in [0.15, 0.2) is 0 Å². The smallest absolute Gasteiger partial charge is 0.217 e. The molecule has 0 fully saturated rings. The van der Waals surface area contributed by atoms with Gasteiger partial charge in [-0.25, -0.2) is 13.1 Å². The van der Waals surface area contributed by atoms with Gasteiger partial charge >= 0.3 is 0 Å². The number of aliphatic hydroxyl groups excluding tert-OH is 1.